The van der Waals surface area contributed by atoms with Crippen LogP contribution in [0.2, 0.25) is 0 Å². The number of hydrogen-bond acceptors (Lipinski definition) is 3. The van der Waals surface area contributed by atoms with Crippen molar-refractivity contribution < 1.29 is 13.5 Å². The second-order valence-electron chi connectivity index (χ2n) is 4.52. The Morgan fingerprint density at radius 3 is 2.79 bits per heavy atom. The summed E-state index contributed by atoms with van der Waals surface area (Å²) >= 11 is 0. The van der Waals surface area contributed by atoms with Crippen LogP contribution in [0.15, 0.2) is 18.2 Å². The SMILES string of the molecule is COCCNCC(C)NCCc1cccc(F)c1F. The van der Waals surface area contributed by atoms with Gasteiger partial charge in [-0.15, -0.1) is 0 Å². The summed E-state index contributed by atoms with van der Waals surface area (Å²) in [4.78, 5) is 0. The molecular formula is C14H22F2N2O. The van der Waals surface area contributed by atoms with Crippen molar-refractivity contribution in [1.82, 2.24) is 10.6 Å². The highest BCUT2D eigenvalue weighted by atomic mass is 19.2. The van der Waals surface area contributed by atoms with Gasteiger partial charge in [0.15, 0.2) is 11.6 Å². The van der Waals surface area contributed by atoms with Crippen molar-refractivity contribution in [2.24, 2.45) is 0 Å². The Bertz CT molecular complexity index is 374. The van der Waals surface area contributed by atoms with E-state index in [1.165, 1.54) is 6.07 Å². The maximum Gasteiger partial charge on any atom is 0.162 e. The average Bonchev–Trinajstić information content (AvgIpc) is 2.40. The lowest BCUT2D eigenvalue weighted by molar-refractivity contribution is 0.198. The molecule has 1 unspecified atom stereocenters. The van der Waals surface area contributed by atoms with Gasteiger partial charge in [0.1, 0.15) is 0 Å². The van der Waals surface area contributed by atoms with Crippen molar-refractivity contribution in [3.8, 4) is 0 Å². The highest BCUT2D eigenvalue weighted by molar-refractivity contribution is 5.19. The topological polar surface area (TPSA) is 33.3 Å². The van der Waals surface area contributed by atoms with Gasteiger partial charge in [0, 0.05) is 26.2 Å². The molecule has 0 aliphatic carbocycles. The highest BCUT2D eigenvalue weighted by Gasteiger charge is 2.07. The molecule has 2 N–H and O–H groups in total. The summed E-state index contributed by atoms with van der Waals surface area (Å²) in [6.45, 7) is 4.96. The number of methoxy groups -OCH3 is 1. The molecule has 1 aromatic rings. The summed E-state index contributed by atoms with van der Waals surface area (Å²) < 4.78 is 31.3. The van der Waals surface area contributed by atoms with Crippen LogP contribution in [0.1, 0.15) is 12.5 Å². The largest absolute Gasteiger partial charge is 0.383 e. The normalized spacial score (nSPS) is 12.6. The quantitative estimate of drug-likeness (QED) is 0.672. The fourth-order valence-electron chi connectivity index (χ4n) is 1.76. The van der Waals surface area contributed by atoms with Gasteiger partial charge in [-0.05, 0) is 31.5 Å². The molecule has 0 heterocycles. The van der Waals surface area contributed by atoms with E-state index in [2.05, 4.69) is 10.6 Å². The summed E-state index contributed by atoms with van der Waals surface area (Å²) in [7, 11) is 1.66. The maximum absolute atomic E-state index is 13.4. The van der Waals surface area contributed by atoms with Crippen LogP contribution >= 0.6 is 0 Å². The summed E-state index contributed by atoms with van der Waals surface area (Å²) in [5.41, 5.74) is 0.409. The Balaban J connectivity index is 2.20. The fraction of sp³-hybridized carbons (Fsp3) is 0.571. The van der Waals surface area contributed by atoms with Crippen molar-refractivity contribution in [3.05, 3.63) is 35.4 Å². The predicted octanol–water partition coefficient (Wildman–Crippen LogP) is 1.72. The van der Waals surface area contributed by atoms with Gasteiger partial charge in [0.05, 0.1) is 6.61 Å². The van der Waals surface area contributed by atoms with Crippen LogP contribution < -0.4 is 10.6 Å². The number of nitrogens with one attached hydrogen (secondary N) is 2. The minimum atomic E-state index is -0.785. The standard InChI is InChI=1S/C14H22F2N2O/c1-11(10-17-8-9-19-2)18-7-6-12-4-3-5-13(15)14(12)16/h3-5,11,17-18H,6-10H2,1-2H3. The van der Waals surface area contributed by atoms with E-state index >= 15 is 0 Å². The third-order valence-corrected chi connectivity index (χ3v) is 2.85. The number of benzene rings is 1. The third kappa shape index (κ3) is 6.09. The molecule has 1 atom stereocenters. The predicted molar refractivity (Wildman–Crippen MR) is 72.3 cm³/mol. The summed E-state index contributed by atoms with van der Waals surface area (Å²) in [6, 6.07) is 4.55. The number of ether oxygens (including phenoxy) is 1. The van der Waals surface area contributed by atoms with E-state index in [4.69, 9.17) is 4.74 Å². The smallest absolute Gasteiger partial charge is 0.162 e. The Morgan fingerprint density at radius 1 is 1.26 bits per heavy atom. The van der Waals surface area contributed by atoms with E-state index in [0.29, 0.717) is 25.1 Å². The van der Waals surface area contributed by atoms with E-state index in [0.717, 1.165) is 19.2 Å². The zero-order chi connectivity index (χ0) is 14.1. The van der Waals surface area contributed by atoms with Crippen LogP contribution in [0, 0.1) is 11.6 Å². The molecule has 0 radical (unpaired) electrons. The zero-order valence-electron chi connectivity index (χ0n) is 11.5. The van der Waals surface area contributed by atoms with E-state index < -0.39 is 11.6 Å². The van der Waals surface area contributed by atoms with Crippen molar-refractivity contribution in [3.63, 3.8) is 0 Å². The fourth-order valence-corrected chi connectivity index (χ4v) is 1.76. The van der Waals surface area contributed by atoms with E-state index in [1.807, 2.05) is 6.92 Å². The molecule has 0 aromatic heterocycles. The van der Waals surface area contributed by atoms with Crippen LogP contribution in [-0.4, -0.2) is 39.4 Å². The molecule has 0 aliphatic rings. The molecule has 0 saturated carbocycles. The van der Waals surface area contributed by atoms with Crippen molar-refractivity contribution in [1.29, 1.82) is 0 Å². The lowest BCUT2D eigenvalue weighted by atomic mass is 10.1. The molecule has 0 aliphatic heterocycles. The van der Waals surface area contributed by atoms with Gasteiger partial charge in [-0.2, -0.15) is 0 Å². The van der Waals surface area contributed by atoms with Gasteiger partial charge < -0.3 is 15.4 Å². The van der Waals surface area contributed by atoms with E-state index in [1.54, 1.807) is 13.2 Å². The second-order valence-corrected chi connectivity index (χ2v) is 4.52. The van der Waals surface area contributed by atoms with Gasteiger partial charge in [-0.1, -0.05) is 12.1 Å². The number of rotatable bonds is 9. The molecule has 19 heavy (non-hydrogen) atoms. The lowest BCUT2D eigenvalue weighted by Crippen LogP contribution is -2.38. The first-order chi connectivity index (χ1) is 9.15. The molecule has 0 fully saturated rings. The van der Waals surface area contributed by atoms with Gasteiger partial charge in [-0.25, -0.2) is 8.78 Å². The number of halogens is 2. The lowest BCUT2D eigenvalue weighted by Gasteiger charge is -2.14. The van der Waals surface area contributed by atoms with Gasteiger partial charge >= 0.3 is 0 Å². The molecule has 0 bridgehead atoms. The van der Waals surface area contributed by atoms with Crippen LogP contribution in [0.3, 0.4) is 0 Å². The molecule has 1 rings (SSSR count). The Hall–Kier alpha value is -1.04. The molecule has 0 spiro atoms. The van der Waals surface area contributed by atoms with Crippen molar-refractivity contribution in [2.75, 3.05) is 33.4 Å². The average molecular weight is 272 g/mol. The van der Waals surface area contributed by atoms with Gasteiger partial charge in [0.25, 0.3) is 0 Å². The van der Waals surface area contributed by atoms with Crippen molar-refractivity contribution >= 4 is 0 Å². The summed E-state index contributed by atoms with van der Waals surface area (Å²) in [6.07, 6.45) is 0.478. The molecule has 5 heteroatoms. The highest BCUT2D eigenvalue weighted by Crippen LogP contribution is 2.11. The Labute approximate surface area is 113 Å². The molecule has 0 amide bonds. The molecule has 0 saturated heterocycles. The summed E-state index contributed by atoms with van der Waals surface area (Å²) in [5, 5.41) is 6.50. The minimum Gasteiger partial charge on any atom is -0.383 e. The van der Waals surface area contributed by atoms with E-state index in [9.17, 15) is 8.78 Å². The first kappa shape index (κ1) is 16.0. The van der Waals surface area contributed by atoms with Gasteiger partial charge in [-0.3, -0.25) is 0 Å². The zero-order valence-corrected chi connectivity index (χ0v) is 11.5. The summed E-state index contributed by atoms with van der Waals surface area (Å²) in [5.74, 6) is -1.53. The molecule has 3 nitrogen and oxygen atoms in total. The minimum absolute atomic E-state index is 0.272. The third-order valence-electron chi connectivity index (χ3n) is 2.85. The molecule has 1 aromatic carbocycles. The van der Waals surface area contributed by atoms with Crippen LogP contribution in [0.4, 0.5) is 8.78 Å². The Kier molecular flexibility index (Phi) is 7.55. The molecule has 108 valence electrons. The number of hydrogen-bond donors (Lipinski definition) is 2. The van der Waals surface area contributed by atoms with Crippen LogP contribution in [0.25, 0.3) is 0 Å². The van der Waals surface area contributed by atoms with Crippen molar-refractivity contribution in [2.45, 2.75) is 19.4 Å². The second kappa shape index (κ2) is 8.96. The Morgan fingerprint density at radius 2 is 2.05 bits per heavy atom. The monoisotopic (exact) mass is 272 g/mol. The van der Waals surface area contributed by atoms with Crippen LogP contribution in [0.5, 0.6) is 0 Å². The van der Waals surface area contributed by atoms with E-state index in [-0.39, 0.29) is 6.04 Å². The van der Waals surface area contributed by atoms with Crippen LogP contribution in [-0.2, 0) is 11.2 Å². The molecular weight excluding hydrogens is 250 g/mol. The first-order valence-electron chi connectivity index (χ1n) is 6.51. The van der Waals surface area contributed by atoms with Gasteiger partial charge in [0.2, 0.25) is 0 Å². The first-order valence-corrected chi connectivity index (χ1v) is 6.51. The maximum atomic E-state index is 13.4.